The van der Waals surface area contributed by atoms with Crippen molar-refractivity contribution in [2.75, 3.05) is 0 Å². The molecule has 0 unspecified atom stereocenters. The minimum atomic E-state index is 0.117. The standard InChI is InChI=1S/C9H11O/c1-2-4-8-5-3-6-9(10)7-8/h3,5-7H,2,4H2,1H3. The topological polar surface area (TPSA) is 19.9 Å². The van der Waals surface area contributed by atoms with Crippen LogP contribution in [0.3, 0.4) is 0 Å². The predicted octanol–water partition coefficient (Wildman–Crippen LogP) is 2.78. The number of rotatable bonds is 2. The summed E-state index contributed by atoms with van der Waals surface area (Å²) in [6, 6.07) is 7.08. The molecule has 1 radical (unpaired) electrons. The Hall–Kier alpha value is -0.980. The van der Waals surface area contributed by atoms with Gasteiger partial charge in [0.2, 0.25) is 0 Å². The Morgan fingerprint density at radius 3 is 2.80 bits per heavy atom. The van der Waals surface area contributed by atoms with Crippen molar-refractivity contribution in [1.29, 1.82) is 0 Å². The maximum Gasteiger partial charge on any atom is 0.178 e. The van der Waals surface area contributed by atoms with Crippen LogP contribution in [0, 0.1) is 0 Å². The summed E-state index contributed by atoms with van der Waals surface area (Å²) in [5.41, 5.74) is 1.15. The van der Waals surface area contributed by atoms with Crippen molar-refractivity contribution in [1.82, 2.24) is 0 Å². The van der Waals surface area contributed by atoms with Gasteiger partial charge >= 0.3 is 0 Å². The molecule has 0 atom stereocenters. The van der Waals surface area contributed by atoms with E-state index in [-0.39, 0.29) is 5.75 Å². The minimum absolute atomic E-state index is 0.117. The second-order valence-corrected chi connectivity index (χ2v) is 2.40. The van der Waals surface area contributed by atoms with Crippen LogP contribution in [0.5, 0.6) is 5.75 Å². The summed E-state index contributed by atoms with van der Waals surface area (Å²) < 4.78 is 0. The van der Waals surface area contributed by atoms with Crippen LogP contribution in [-0.4, -0.2) is 0 Å². The predicted molar refractivity (Wildman–Crippen MR) is 40.6 cm³/mol. The Balaban J connectivity index is 2.75. The van der Waals surface area contributed by atoms with Crippen LogP contribution >= 0.6 is 0 Å². The first-order chi connectivity index (χ1) is 4.83. The Morgan fingerprint density at radius 1 is 1.40 bits per heavy atom. The van der Waals surface area contributed by atoms with Crippen molar-refractivity contribution in [2.45, 2.75) is 19.8 Å². The van der Waals surface area contributed by atoms with Crippen LogP contribution < -0.4 is 0 Å². The van der Waals surface area contributed by atoms with Crippen molar-refractivity contribution in [2.24, 2.45) is 0 Å². The van der Waals surface area contributed by atoms with Gasteiger partial charge in [-0.1, -0.05) is 25.5 Å². The van der Waals surface area contributed by atoms with Crippen LogP contribution in [0.2, 0.25) is 0 Å². The van der Waals surface area contributed by atoms with E-state index in [0.717, 1.165) is 18.4 Å². The zero-order chi connectivity index (χ0) is 7.40. The molecule has 0 amide bonds. The molecule has 0 bridgehead atoms. The third-order valence-electron chi connectivity index (χ3n) is 1.44. The first-order valence-electron chi connectivity index (χ1n) is 3.59. The molecule has 0 saturated heterocycles. The van der Waals surface area contributed by atoms with Gasteiger partial charge in [0.25, 0.3) is 0 Å². The van der Waals surface area contributed by atoms with E-state index >= 15 is 0 Å². The summed E-state index contributed by atoms with van der Waals surface area (Å²) in [6.45, 7) is 2.11. The van der Waals surface area contributed by atoms with Crippen LogP contribution in [-0.2, 0) is 11.5 Å². The van der Waals surface area contributed by atoms with E-state index in [1.165, 1.54) is 0 Å². The van der Waals surface area contributed by atoms with Gasteiger partial charge in [0, 0.05) is 0 Å². The van der Waals surface area contributed by atoms with Crippen LogP contribution in [0.15, 0.2) is 24.3 Å². The quantitative estimate of drug-likeness (QED) is 0.594. The zero-order valence-electron chi connectivity index (χ0n) is 6.13. The molecule has 0 aliphatic heterocycles. The van der Waals surface area contributed by atoms with Crippen molar-refractivity contribution in [3.63, 3.8) is 0 Å². The van der Waals surface area contributed by atoms with E-state index in [0.29, 0.717) is 0 Å². The molecule has 0 heterocycles. The summed E-state index contributed by atoms with van der Waals surface area (Å²) in [5, 5.41) is 10.8. The molecule has 53 valence electrons. The van der Waals surface area contributed by atoms with Crippen molar-refractivity contribution >= 4 is 0 Å². The molecule has 1 aromatic rings. The SMILES string of the molecule is CCCc1cccc([O])c1. The van der Waals surface area contributed by atoms with E-state index in [4.69, 9.17) is 0 Å². The second kappa shape index (κ2) is 3.25. The number of aryl methyl sites for hydroxylation is 1. The highest BCUT2D eigenvalue weighted by Gasteiger charge is 1.92. The second-order valence-electron chi connectivity index (χ2n) is 2.40. The van der Waals surface area contributed by atoms with Crippen molar-refractivity contribution in [3.8, 4) is 5.75 Å². The van der Waals surface area contributed by atoms with E-state index in [2.05, 4.69) is 6.92 Å². The Morgan fingerprint density at radius 2 is 2.20 bits per heavy atom. The summed E-state index contributed by atoms with van der Waals surface area (Å²) in [6.07, 6.45) is 2.11. The maximum atomic E-state index is 10.8. The van der Waals surface area contributed by atoms with Crippen LogP contribution in [0.25, 0.3) is 0 Å². The molecule has 1 aromatic carbocycles. The minimum Gasteiger partial charge on any atom is -0.290 e. The first-order valence-corrected chi connectivity index (χ1v) is 3.59. The molecular weight excluding hydrogens is 124 g/mol. The van der Waals surface area contributed by atoms with E-state index in [9.17, 15) is 5.11 Å². The third kappa shape index (κ3) is 1.76. The monoisotopic (exact) mass is 135 g/mol. The highest BCUT2D eigenvalue weighted by molar-refractivity contribution is 5.26. The van der Waals surface area contributed by atoms with E-state index in [1.54, 1.807) is 12.1 Å². The fourth-order valence-corrected chi connectivity index (χ4v) is 0.990. The van der Waals surface area contributed by atoms with Gasteiger partial charge in [0.1, 0.15) is 0 Å². The lowest BCUT2D eigenvalue weighted by Gasteiger charge is -1.95. The number of hydrogen-bond acceptors (Lipinski definition) is 0. The summed E-state index contributed by atoms with van der Waals surface area (Å²) in [7, 11) is 0. The molecular formula is C9H11O. The molecule has 0 aliphatic carbocycles. The van der Waals surface area contributed by atoms with Crippen molar-refractivity contribution < 1.29 is 5.11 Å². The van der Waals surface area contributed by atoms with Gasteiger partial charge in [-0.25, -0.2) is 0 Å². The highest BCUT2D eigenvalue weighted by Crippen LogP contribution is 2.12. The smallest absolute Gasteiger partial charge is 0.178 e. The normalized spacial score (nSPS) is 9.70. The summed E-state index contributed by atoms with van der Waals surface area (Å²) in [4.78, 5) is 0. The molecule has 0 fully saturated rings. The molecule has 0 spiro atoms. The average molecular weight is 135 g/mol. The lowest BCUT2D eigenvalue weighted by atomic mass is 10.1. The van der Waals surface area contributed by atoms with Gasteiger partial charge < -0.3 is 0 Å². The van der Waals surface area contributed by atoms with Gasteiger partial charge in [-0.05, 0) is 24.1 Å². The molecule has 1 heteroatoms. The average Bonchev–Trinajstić information content (AvgIpc) is 1.88. The van der Waals surface area contributed by atoms with Crippen molar-refractivity contribution in [3.05, 3.63) is 29.8 Å². The lowest BCUT2D eigenvalue weighted by molar-refractivity contribution is 0.354. The molecule has 0 aromatic heterocycles. The molecule has 0 N–H and O–H groups in total. The van der Waals surface area contributed by atoms with Gasteiger partial charge in [-0.3, -0.25) is 5.11 Å². The summed E-state index contributed by atoms with van der Waals surface area (Å²) in [5.74, 6) is 0.117. The fraction of sp³-hybridized carbons (Fsp3) is 0.333. The van der Waals surface area contributed by atoms with Gasteiger partial charge in [-0.15, -0.1) is 0 Å². The first kappa shape index (κ1) is 7.13. The molecule has 1 nitrogen and oxygen atoms in total. The summed E-state index contributed by atoms with van der Waals surface area (Å²) >= 11 is 0. The van der Waals surface area contributed by atoms with Crippen LogP contribution in [0.1, 0.15) is 18.9 Å². The van der Waals surface area contributed by atoms with Crippen LogP contribution in [0.4, 0.5) is 0 Å². The Bertz CT molecular complexity index is 206. The third-order valence-corrected chi connectivity index (χ3v) is 1.44. The Labute approximate surface area is 61.3 Å². The van der Waals surface area contributed by atoms with E-state index in [1.807, 2.05) is 12.1 Å². The largest absolute Gasteiger partial charge is 0.290 e. The maximum absolute atomic E-state index is 10.8. The van der Waals surface area contributed by atoms with E-state index < -0.39 is 0 Å². The molecule has 10 heavy (non-hydrogen) atoms. The van der Waals surface area contributed by atoms with Gasteiger partial charge in [-0.2, -0.15) is 0 Å². The Kier molecular flexibility index (Phi) is 2.32. The van der Waals surface area contributed by atoms with Gasteiger partial charge in [0.15, 0.2) is 5.75 Å². The number of benzene rings is 1. The molecule has 1 rings (SSSR count). The number of hydrogen-bond donors (Lipinski definition) is 0. The zero-order valence-corrected chi connectivity index (χ0v) is 6.13. The highest BCUT2D eigenvalue weighted by atomic mass is 16.3. The molecule has 0 aliphatic rings. The van der Waals surface area contributed by atoms with Gasteiger partial charge in [0.05, 0.1) is 0 Å². The molecule has 0 saturated carbocycles. The lowest BCUT2D eigenvalue weighted by Crippen LogP contribution is -1.79. The fourth-order valence-electron chi connectivity index (χ4n) is 0.990.